The highest BCUT2D eigenvalue weighted by molar-refractivity contribution is 8.00. The van der Waals surface area contributed by atoms with Gasteiger partial charge in [0, 0.05) is 103 Å². The average Bonchev–Trinajstić information content (AvgIpc) is 1.80. The smallest absolute Gasteiger partial charge is 0.416 e. The third-order valence-electron chi connectivity index (χ3n) is 16.8. The second kappa shape index (κ2) is 36.5. The predicted octanol–water partition coefficient (Wildman–Crippen LogP) is 10.9. The minimum atomic E-state index is -4.59. The van der Waals surface area contributed by atoms with E-state index in [1.54, 1.807) is 19.3 Å². The zero-order valence-corrected chi connectivity index (χ0v) is 56.8. The van der Waals surface area contributed by atoms with Gasteiger partial charge < -0.3 is 73.6 Å². The third-order valence-corrected chi connectivity index (χ3v) is 19.9. The number of non-ortho nitro benzene ring substituents is 1. The number of aromatic nitrogens is 4. The summed E-state index contributed by atoms with van der Waals surface area (Å²) in [6, 6.07) is 21.0. The van der Waals surface area contributed by atoms with Crippen molar-refractivity contribution in [2.24, 2.45) is 5.92 Å². The van der Waals surface area contributed by atoms with Gasteiger partial charge in [-0.3, -0.25) is 24.5 Å². The molecule has 524 valence electrons. The number of aryl methyl sites for hydroxylation is 2. The van der Waals surface area contributed by atoms with E-state index in [0.717, 1.165) is 102 Å². The molecule has 4 aromatic carbocycles. The van der Waals surface area contributed by atoms with Gasteiger partial charge in [-0.1, -0.05) is 31.6 Å². The highest BCUT2D eigenvalue weighted by Crippen LogP contribution is 2.42. The maximum Gasteiger partial charge on any atom is 0.416 e. The fourth-order valence-corrected chi connectivity index (χ4v) is 15.0. The lowest BCUT2D eigenvalue weighted by molar-refractivity contribution is -0.384. The number of hydrogen-bond acceptors (Lipinski definition) is 21. The van der Waals surface area contributed by atoms with Crippen molar-refractivity contribution in [3.8, 4) is 45.4 Å². The van der Waals surface area contributed by atoms with Crippen LogP contribution < -0.4 is 36.1 Å². The van der Waals surface area contributed by atoms with Crippen molar-refractivity contribution in [3.63, 3.8) is 0 Å². The largest absolute Gasteiger partial charge is 0.490 e. The summed E-state index contributed by atoms with van der Waals surface area (Å²) in [5, 5.41) is 28.4. The fraction of sp³-hybridized carbons (Fsp3) is 0.493. The molecule has 23 nitrogen and oxygen atoms in total. The Morgan fingerprint density at radius 2 is 1.14 bits per heavy atom. The molecule has 0 unspecified atom stereocenters. The molecule has 4 fully saturated rings. The third kappa shape index (κ3) is 21.5. The summed E-state index contributed by atoms with van der Waals surface area (Å²) in [6.07, 6.45) is 9.21. The maximum absolute atomic E-state index is 13.5. The van der Waals surface area contributed by atoms with Crippen LogP contribution in [-0.4, -0.2) is 175 Å². The maximum atomic E-state index is 13.5. The zero-order valence-electron chi connectivity index (χ0n) is 55.2. The molecule has 10 rings (SSSR count). The van der Waals surface area contributed by atoms with E-state index in [1.807, 2.05) is 66.7 Å². The van der Waals surface area contributed by atoms with Gasteiger partial charge in [-0.05, 0) is 99.2 Å². The molecule has 6 heterocycles. The van der Waals surface area contributed by atoms with E-state index >= 15 is 0 Å². The average molecular weight is 1390 g/mol. The summed E-state index contributed by atoms with van der Waals surface area (Å²) in [6.45, 7) is 11.1. The number of amides is 1. The van der Waals surface area contributed by atoms with Crippen molar-refractivity contribution in [3.05, 3.63) is 137 Å². The molecule has 4 aliphatic rings. The molecular weight excluding hydrogens is 1300 g/mol. The number of thioether (sulfide) groups is 2. The number of carbonyl (C=O) groups is 3. The lowest BCUT2D eigenvalue weighted by Gasteiger charge is -2.17. The molecule has 5 N–H and O–H groups in total. The van der Waals surface area contributed by atoms with Crippen molar-refractivity contribution >= 4 is 58.4 Å². The molecule has 6 atom stereocenters. The molecule has 0 bridgehead atoms. The van der Waals surface area contributed by atoms with Crippen LogP contribution in [-0.2, 0) is 49.0 Å². The van der Waals surface area contributed by atoms with E-state index in [-0.39, 0.29) is 75.5 Å². The normalized spacial score (nSPS) is 18.5. The van der Waals surface area contributed by atoms with Crippen LogP contribution in [0.3, 0.4) is 0 Å². The number of esters is 2. The number of anilines is 2. The number of carbonyl (C=O) groups excluding carboxylic acids is 3. The molecule has 28 heteroatoms. The number of halogens is 3. The van der Waals surface area contributed by atoms with Crippen molar-refractivity contribution < 1.29 is 70.4 Å². The number of unbranched alkanes of at least 4 members (excludes halogenated alkanes) is 2. The second-order valence-corrected chi connectivity index (χ2v) is 26.3. The number of ether oxygens (including phenoxy) is 8. The minimum absolute atomic E-state index is 0.0508. The molecular formula is C69H87F3N10O13S2. The summed E-state index contributed by atoms with van der Waals surface area (Å²) < 4.78 is 88.7. The van der Waals surface area contributed by atoms with Gasteiger partial charge in [0.2, 0.25) is 5.91 Å². The van der Waals surface area contributed by atoms with Gasteiger partial charge in [0.05, 0.1) is 128 Å². The van der Waals surface area contributed by atoms with Gasteiger partial charge in [0.1, 0.15) is 37.9 Å². The number of nitrogens with one attached hydrogen (secondary N) is 5. The Labute approximate surface area is 571 Å². The summed E-state index contributed by atoms with van der Waals surface area (Å²) in [7, 11) is 3.57. The van der Waals surface area contributed by atoms with Crippen LogP contribution in [0.4, 0.5) is 30.2 Å². The lowest BCUT2D eigenvalue weighted by Crippen LogP contribution is -2.36. The van der Waals surface area contributed by atoms with Crippen LogP contribution in [0, 0.1) is 29.9 Å². The zero-order chi connectivity index (χ0) is 68.7. The summed E-state index contributed by atoms with van der Waals surface area (Å²) in [5.41, 5.74) is 6.69. The molecule has 97 heavy (non-hydrogen) atoms. The number of nitrogens with zero attached hydrogens (tertiary/aromatic N) is 5. The summed E-state index contributed by atoms with van der Waals surface area (Å²) in [4.78, 5) is 55.5. The van der Waals surface area contributed by atoms with Crippen molar-refractivity contribution in [1.29, 1.82) is 0 Å². The fourth-order valence-electron chi connectivity index (χ4n) is 11.9. The van der Waals surface area contributed by atoms with E-state index in [4.69, 9.17) is 37.9 Å². The first kappa shape index (κ1) is 73.2. The highest BCUT2D eigenvalue weighted by atomic mass is 32.2. The van der Waals surface area contributed by atoms with Crippen LogP contribution in [0.15, 0.2) is 110 Å². The number of benzene rings is 4. The Morgan fingerprint density at radius 3 is 1.73 bits per heavy atom. The van der Waals surface area contributed by atoms with Gasteiger partial charge in [-0.25, -0.2) is 9.97 Å². The molecule has 0 saturated carbocycles. The van der Waals surface area contributed by atoms with Gasteiger partial charge in [0.15, 0.2) is 0 Å². The second-order valence-electron chi connectivity index (χ2n) is 23.8. The van der Waals surface area contributed by atoms with Crippen molar-refractivity contribution in [2.45, 2.75) is 106 Å². The van der Waals surface area contributed by atoms with Crippen LogP contribution in [0.1, 0.15) is 74.5 Å². The SMILES string of the molecule is C=C1N[C@H]2[C@H](CS[C@H]2CCCCC(=O)OCCOCCOCCOc2cc(C(F)(F)F)ccc2-c2cn(-c3cc([N+](=O)[O-])ccc3NC)cn2)N1.CNc1ccc(C)cc1-n1cnc(-c2ccc(C)cc2OCCOCCOCCOC(=O)CCCC[C@@H]2SC[C@@H]3NC(=O)C[C@@H]32)c1. The van der Waals surface area contributed by atoms with Gasteiger partial charge >= 0.3 is 18.1 Å². The monoisotopic (exact) mass is 1380 g/mol. The molecule has 4 aliphatic heterocycles. The Morgan fingerprint density at radius 1 is 0.639 bits per heavy atom. The Balaban J connectivity index is 0.000000228. The predicted molar refractivity (Wildman–Crippen MR) is 367 cm³/mol. The molecule has 0 spiro atoms. The Bertz CT molecular complexity index is 3600. The Kier molecular flexibility index (Phi) is 27.6. The summed E-state index contributed by atoms with van der Waals surface area (Å²) >= 11 is 3.91. The van der Waals surface area contributed by atoms with Crippen LogP contribution in [0.25, 0.3) is 33.9 Å². The van der Waals surface area contributed by atoms with Gasteiger partial charge in [-0.2, -0.15) is 36.7 Å². The first-order valence-electron chi connectivity index (χ1n) is 32.7. The quantitative estimate of drug-likeness (QED) is 0.0105. The molecule has 4 saturated heterocycles. The van der Waals surface area contributed by atoms with Gasteiger partial charge in [0.25, 0.3) is 5.69 Å². The number of fused-ring (bicyclic) bond motifs is 2. The van der Waals surface area contributed by atoms with Crippen molar-refractivity contribution in [1.82, 2.24) is 35.1 Å². The van der Waals surface area contributed by atoms with E-state index in [2.05, 4.69) is 74.3 Å². The van der Waals surface area contributed by atoms with E-state index in [9.17, 15) is 37.7 Å². The number of alkyl halides is 3. The number of hydrogen-bond donors (Lipinski definition) is 5. The number of rotatable bonds is 37. The first-order valence-corrected chi connectivity index (χ1v) is 34.8. The lowest BCUT2D eigenvalue weighted by atomic mass is 9.94. The Hall–Kier alpha value is -8.02. The van der Waals surface area contributed by atoms with Crippen LogP contribution in [0.2, 0.25) is 0 Å². The highest BCUT2D eigenvalue weighted by Gasteiger charge is 2.43. The molecule has 1 amide bonds. The number of nitro benzene ring substituents is 1. The topological polar surface area (TPSA) is 264 Å². The standard InChI is InChI=1S/C35H46N4O6S.C34H41F3N6O7S/c1-24-9-11-28(36-3)31(18-24)39-21-29(37-23-39)26-10-8-25(2)19-32(26)44-16-14-42-12-13-43-15-17-45-35(41)7-5-4-6-33-27-20-34(40)38-30(27)22-46-33;1-22-40-28-20-51-31(33(28)41-22)5-3-4-6-32(44)50-16-14-48-12-11-47-13-15-49-30-17-23(34(35,36)37)7-9-25(30)27-19-42(21-39-27)29-18-24(43(45)46)8-10-26(29)38-2/h8-11,18-19,21,23,27,30,33,36H,4-7,12-17,20,22H2,1-3H3,(H,38,40);7-10,17-19,21,28,31,33,38,40-41H,1,3-6,11-16,20H2,2H3/t27-,30-,33-;28-,31-,33-/m00/s1. The number of imidazole rings is 2. The van der Waals surface area contributed by atoms with Gasteiger partial charge in [-0.15, -0.1) is 0 Å². The molecule has 2 aromatic heterocycles. The van der Waals surface area contributed by atoms with Crippen LogP contribution in [0.5, 0.6) is 11.5 Å². The molecule has 6 aromatic rings. The van der Waals surface area contributed by atoms with Crippen LogP contribution >= 0.6 is 23.5 Å². The minimum Gasteiger partial charge on any atom is -0.490 e. The molecule has 0 aliphatic carbocycles. The number of nitro groups is 1. The van der Waals surface area contributed by atoms with E-state index in [1.165, 1.54) is 34.7 Å². The molecule has 0 radical (unpaired) electrons. The first-order chi connectivity index (χ1) is 46.9. The van der Waals surface area contributed by atoms with E-state index < -0.39 is 16.7 Å². The van der Waals surface area contributed by atoms with E-state index in [0.29, 0.717) is 109 Å². The summed E-state index contributed by atoms with van der Waals surface area (Å²) in [5.74, 6) is 3.86. The van der Waals surface area contributed by atoms with Crippen molar-refractivity contribution in [2.75, 3.05) is 116 Å².